The van der Waals surface area contributed by atoms with Gasteiger partial charge >= 0.3 is 5.97 Å². The van der Waals surface area contributed by atoms with E-state index < -0.39 is 17.2 Å². The number of likely N-dealkylation sites (tertiary alicyclic amines) is 1. The molecule has 2 rings (SSSR count). The van der Waals surface area contributed by atoms with Crippen molar-refractivity contribution in [2.24, 2.45) is 5.41 Å². The van der Waals surface area contributed by atoms with Gasteiger partial charge in [-0.05, 0) is 18.6 Å². The van der Waals surface area contributed by atoms with Crippen LogP contribution in [0.15, 0.2) is 18.2 Å². The molecule has 1 aliphatic heterocycles. The molecule has 7 heteroatoms. The highest BCUT2D eigenvalue weighted by Gasteiger charge is 2.46. The van der Waals surface area contributed by atoms with Crippen LogP contribution in [0.2, 0.25) is 5.02 Å². The Balaban J connectivity index is 2.10. The first-order chi connectivity index (χ1) is 10.4. The summed E-state index contributed by atoms with van der Waals surface area (Å²) in [6.07, 6.45) is 0.126. The second-order valence-corrected chi connectivity index (χ2v) is 5.87. The van der Waals surface area contributed by atoms with Gasteiger partial charge in [-0.25, -0.2) is 4.39 Å². The molecule has 120 valence electrons. The third-order valence-electron chi connectivity index (χ3n) is 3.97. The van der Waals surface area contributed by atoms with E-state index in [2.05, 4.69) is 0 Å². The van der Waals surface area contributed by atoms with Gasteiger partial charge in [0, 0.05) is 30.8 Å². The van der Waals surface area contributed by atoms with E-state index in [-0.39, 0.29) is 36.1 Å². The third-order valence-corrected chi connectivity index (χ3v) is 4.32. The monoisotopic (exact) mass is 329 g/mol. The fraction of sp³-hybridized carbons (Fsp3) is 0.467. The van der Waals surface area contributed by atoms with Gasteiger partial charge in [0.2, 0.25) is 5.91 Å². The molecule has 1 unspecified atom stereocenters. The Morgan fingerprint density at radius 2 is 2.23 bits per heavy atom. The van der Waals surface area contributed by atoms with Crippen LogP contribution >= 0.6 is 11.6 Å². The second-order valence-electron chi connectivity index (χ2n) is 5.46. The summed E-state index contributed by atoms with van der Waals surface area (Å²) < 4.78 is 18.7. The Morgan fingerprint density at radius 3 is 2.82 bits per heavy atom. The van der Waals surface area contributed by atoms with E-state index >= 15 is 0 Å². The van der Waals surface area contributed by atoms with Crippen molar-refractivity contribution in [2.75, 3.05) is 26.8 Å². The number of hydrogen-bond donors (Lipinski definition) is 1. The fourth-order valence-electron chi connectivity index (χ4n) is 2.68. The number of aliphatic carboxylic acids is 1. The van der Waals surface area contributed by atoms with Gasteiger partial charge < -0.3 is 14.7 Å². The maximum Gasteiger partial charge on any atom is 0.313 e. The van der Waals surface area contributed by atoms with Crippen LogP contribution in [0.1, 0.15) is 12.0 Å². The predicted octanol–water partition coefficient (Wildman–Crippen LogP) is 1.97. The van der Waals surface area contributed by atoms with Crippen LogP contribution in [-0.4, -0.2) is 48.7 Å². The molecule has 1 saturated heterocycles. The first kappa shape index (κ1) is 16.7. The molecule has 0 bridgehead atoms. The number of nitrogens with zero attached hydrogens (tertiary/aromatic N) is 1. The van der Waals surface area contributed by atoms with Crippen molar-refractivity contribution in [1.29, 1.82) is 0 Å². The van der Waals surface area contributed by atoms with Crippen LogP contribution < -0.4 is 0 Å². The Morgan fingerprint density at radius 1 is 1.50 bits per heavy atom. The van der Waals surface area contributed by atoms with Crippen LogP contribution in [-0.2, 0) is 20.7 Å². The summed E-state index contributed by atoms with van der Waals surface area (Å²) in [5.41, 5.74) is -0.961. The lowest BCUT2D eigenvalue weighted by atomic mass is 9.88. The largest absolute Gasteiger partial charge is 0.481 e. The normalized spacial score (nSPS) is 21.1. The summed E-state index contributed by atoms with van der Waals surface area (Å²) in [4.78, 5) is 25.2. The molecule has 0 saturated carbocycles. The van der Waals surface area contributed by atoms with Crippen LogP contribution in [0, 0.1) is 11.2 Å². The summed E-state index contributed by atoms with van der Waals surface area (Å²) in [5.74, 6) is -1.87. The van der Waals surface area contributed by atoms with E-state index in [0.717, 1.165) is 0 Å². The highest BCUT2D eigenvalue weighted by Crippen LogP contribution is 2.32. The van der Waals surface area contributed by atoms with Gasteiger partial charge in [-0.2, -0.15) is 0 Å². The standard InChI is InChI=1S/C15H17ClFNO4/c1-22-9-15(14(20)21)5-6-18(8-15)13(19)7-10-11(16)3-2-4-12(10)17/h2-4H,5-9H2,1H3,(H,20,21). The Labute approximate surface area is 132 Å². The number of benzene rings is 1. The third kappa shape index (κ3) is 3.23. The van der Waals surface area contributed by atoms with Gasteiger partial charge in [0.25, 0.3) is 0 Å². The highest BCUT2D eigenvalue weighted by molar-refractivity contribution is 6.31. The number of methoxy groups -OCH3 is 1. The molecule has 1 aromatic carbocycles. The second kappa shape index (κ2) is 6.62. The first-order valence-electron chi connectivity index (χ1n) is 6.82. The Kier molecular flexibility index (Phi) is 5.03. The average Bonchev–Trinajstić information content (AvgIpc) is 2.89. The highest BCUT2D eigenvalue weighted by atomic mass is 35.5. The number of carboxylic acids is 1. The minimum Gasteiger partial charge on any atom is -0.481 e. The molecule has 1 aromatic rings. The van der Waals surface area contributed by atoms with Gasteiger partial charge in [-0.1, -0.05) is 17.7 Å². The molecule has 0 spiro atoms. The molecule has 22 heavy (non-hydrogen) atoms. The summed E-state index contributed by atoms with van der Waals surface area (Å²) in [7, 11) is 1.42. The van der Waals surface area contributed by atoms with Crippen molar-refractivity contribution in [3.8, 4) is 0 Å². The van der Waals surface area contributed by atoms with Gasteiger partial charge in [-0.15, -0.1) is 0 Å². The SMILES string of the molecule is COCC1(C(=O)O)CCN(C(=O)Cc2c(F)cccc2Cl)C1. The maximum absolute atomic E-state index is 13.7. The van der Waals surface area contributed by atoms with Gasteiger partial charge in [0.05, 0.1) is 13.0 Å². The summed E-state index contributed by atoms with van der Waals surface area (Å²) in [6.45, 7) is 0.397. The number of carboxylic acid groups (broad SMARTS) is 1. The Hall–Kier alpha value is -1.66. The number of ether oxygens (including phenoxy) is 1. The van der Waals surface area contributed by atoms with Crippen molar-refractivity contribution in [2.45, 2.75) is 12.8 Å². The topological polar surface area (TPSA) is 66.8 Å². The molecule has 1 fully saturated rings. The molecular weight excluding hydrogens is 313 g/mol. The van der Waals surface area contributed by atoms with E-state index in [9.17, 15) is 19.1 Å². The average molecular weight is 330 g/mol. The fourth-order valence-corrected chi connectivity index (χ4v) is 2.91. The van der Waals surface area contributed by atoms with Crippen LogP contribution in [0.25, 0.3) is 0 Å². The Bertz CT molecular complexity index is 575. The molecule has 0 aromatic heterocycles. The lowest BCUT2D eigenvalue weighted by molar-refractivity contribution is -0.151. The number of carbonyl (C=O) groups excluding carboxylic acids is 1. The van der Waals surface area contributed by atoms with Crippen molar-refractivity contribution in [3.05, 3.63) is 34.6 Å². The van der Waals surface area contributed by atoms with Crippen molar-refractivity contribution in [1.82, 2.24) is 4.90 Å². The summed E-state index contributed by atoms with van der Waals surface area (Å²) >= 11 is 5.91. The van der Waals surface area contributed by atoms with E-state index in [1.807, 2.05) is 0 Å². The smallest absolute Gasteiger partial charge is 0.313 e. The zero-order valence-corrected chi connectivity index (χ0v) is 12.9. The van der Waals surface area contributed by atoms with E-state index in [1.165, 1.54) is 30.2 Å². The van der Waals surface area contributed by atoms with Crippen LogP contribution in [0.3, 0.4) is 0 Å². The molecule has 0 aliphatic carbocycles. The van der Waals surface area contributed by atoms with Crippen molar-refractivity contribution < 1.29 is 23.8 Å². The molecule has 5 nitrogen and oxygen atoms in total. The number of carbonyl (C=O) groups is 2. The molecule has 1 atom stereocenters. The lowest BCUT2D eigenvalue weighted by Crippen LogP contribution is -2.40. The predicted molar refractivity (Wildman–Crippen MR) is 78.3 cm³/mol. The van der Waals surface area contributed by atoms with Crippen LogP contribution in [0.4, 0.5) is 4.39 Å². The van der Waals surface area contributed by atoms with Crippen molar-refractivity contribution >= 4 is 23.5 Å². The number of hydrogen-bond acceptors (Lipinski definition) is 3. The van der Waals surface area contributed by atoms with Gasteiger partial charge in [0.15, 0.2) is 0 Å². The van der Waals surface area contributed by atoms with Crippen molar-refractivity contribution in [3.63, 3.8) is 0 Å². The first-order valence-corrected chi connectivity index (χ1v) is 7.20. The molecule has 1 aliphatic rings. The molecule has 1 heterocycles. The zero-order chi connectivity index (χ0) is 16.3. The van der Waals surface area contributed by atoms with E-state index in [0.29, 0.717) is 13.0 Å². The minimum atomic E-state index is -1.09. The number of halogens is 2. The number of amides is 1. The van der Waals surface area contributed by atoms with Gasteiger partial charge in [-0.3, -0.25) is 9.59 Å². The van der Waals surface area contributed by atoms with E-state index in [4.69, 9.17) is 16.3 Å². The molecular formula is C15H17ClFNO4. The number of rotatable bonds is 5. The summed E-state index contributed by atoms with van der Waals surface area (Å²) in [5, 5.41) is 9.56. The zero-order valence-electron chi connectivity index (χ0n) is 12.1. The van der Waals surface area contributed by atoms with Crippen LogP contribution in [0.5, 0.6) is 0 Å². The maximum atomic E-state index is 13.7. The molecule has 1 N–H and O–H groups in total. The molecule has 0 radical (unpaired) electrons. The lowest BCUT2D eigenvalue weighted by Gasteiger charge is -2.24. The summed E-state index contributed by atoms with van der Waals surface area (Å²) in [6, 6.07) is 4.23. The van der Waals surface area contributed by atoms with Gasteiger partial charge in [0.1, 0.15) is 11.2 Å². The molecule has 1 amide bonds. The minimum absolute atomic E-state index is 0.0343. The quantitative estimate of drug-likeness (QED) is 0.897. The van der Waals surface area contributed by atoms with E-state index in [1.54, 1.807) is 0 Å².